The molecule has 0 aliphatic carbocycles. The Labute approximate surface area is 121 Å². The molecule has 18 heavy (non-hydrogen) atoms. The summed E-state index contributed by atoms with van der Waals surface area (Å²) in [6.07, 6.45) is 1.98. The van der Waals surface area contributed by atoms with Crippen molar-refractivity contribution in [3.8, 4) is 0 Å². The molecule has 0 saturated carbocycles. The number of hydrazone groups is 1. The van der Waals surface area contributed by atoms with Crippen molar-refractivity contribution in [2.45, 2.75) is 26.2 Å². The molecule has 0 radical (unpaired) electrons. The third-order valence-electron chi connectivity index (χ3n) is 2.54. The first kappa shape index (κ1) is 15.6. The fourth-order valence-corrected chi connectivity index (χ4v) is 4.90. The van der Waals surface area contributed by atoms with Crippen LogP contribution < -0.4 is 0 Å². The van der Waals surface area contributed by atoms with E-state index in [0.717, 1.165) is 12.4 Å². The normalized spacial score (nSPS) is 14.1. The van der Waals surface area contributed by atoms with Crippen LogP contribution in [0.15, 0.2) is 29.4 Å². The number of nitrogens with zero attached hydrogens (tertiary/aromatic N) is 2. The quantitative estimate of drug-likeness (QED) is 0.786. The van der Waals surface area contributed by atoms with Gasteiger partial charge in [0, 0.05) is 0 Å². The van der Waals surface area contributed by atoms with Crippen molar-refractivity contribution in [2.75, 3.05) is 11.3 Å². The number of hydrogen-bond donors (Lipinski definition) is 0. The summed E-state index contributed by atoms with van der Waals surface area (Å²) in [6, 6.07) is 8.49. The molecule has 0 N–H and O–H groups in total. The number of thioether (sulfide) groups is 1. The lowest BCUT2D eigenvalue weighted by Crippen LogP contribution is -2.27. The van der Waals surface area contributed by atoms with Gasteiger partial charge in [-0.2, -0.15) is 5.10 Å². The molecule has 2 rings (SSSR count). The van der Waals surface area contributed by atoms with E-state index in [1.807, 2.05) is 18.0 Å². The van der Waals surface area contributed by atoms with Crippen molar-refractivity contribution in [1.29, 1.82) is 0 Å². The van der Waals surface area contributed by atoms with Crippen LogP contribution in [0.2, 0.25) is 19.6 Å². The second-order valence-electron chi connectivity index (χ2n) is 5.65. The number of halogens is 1. The van der Waals surface area contributed by atoms with Crippen LogP contribution in [-0.2, 0) is 6.54 Å². The van der Waals surface area contributed by atoms with Gasteiger partial charge in [0.05, 0.1) is 26.7 Å². The molecule has 0 unspecified atom stereocenters. The number of rotatable bonds is 4. The SMILES string of the molecule is C[Si](C)(C)CSCN1Cc2ccccc2C=N1.Cl. The highest BCUT2D eigenvalue weighted by Gasteiger charge is 2.15. The van der Waals surface area contributed by atoms with E-state index in [2.05, 4.69) is 54.0 Å². The van der Waals surface area contributed by atoms with Gasteiger partial charge in [0.25, 0.3) is 0 Å². The summed E-state index contributed by atoms with van der Waals surface area (Å²) >= 11 is 2.02. The topological polar surface area (TPSA) is 15.6 Å². The molecule has 0 spiro atoms. The van der Waals surface area contributed by atoms with Crippen LogP contribution in [0.5, 0.6) is 0 Å². The van der Waals surface area contributed by atoms with Gasteiger partial charge in [-0.1, -0.05) is 43.9 Å². The smallest absolute Gasteiger partial charge is 0.0815 e. The Hall–Kier alpha value is -0.453. The fourth-order valence-electron chi connectivity index (χ4n) is 1.72. The average Bonchev–Trinajstić information content (AvgIpc) is 2.27. The van der Waals surface area contributed by atoms with E-state index < -0.39 is 8.07 Å². The molecular weight excluding hydrogens is 280 g/mol. The van der Waals surface area contributed by atoms with Crippen molar-refractivity contribution in [3.05, 3.63) is 35.4 Å². The molecule has 1 aliphatic rings. The Kier molecular flexibility index (Phi) is 5.75. The highest BCUT2D eigenvalue weighted by atomic mass is 35.5. The lowest BCUT2D eigenvalue weighted by molar-refractivity contribution is 0.329. The van der Waals surface area contributed by atoms with Crippen molar-refractivity contribution in [2.24, 2.45) is 5.10 Å². The summed E-state index contributed by atoms with van der Waals surface area (Å²) in [7, 11) is -0.929. The molecule has 0 fully saturated rings. The first-order valence-electron chi connectivity index (χ1n) is 5.99. The molecule has 1 aliphatic heterocycles. The lowest BCUT2D eigenvalue weighted by Gasteiger charge is -2.24. The van der Waals surface area contributed by atoms with Crippen LogP contribution in [0.4, 0.5) is 0 Å². The largest absolute Gasteiger partial charge is 0.283 e. The molecule has 0 atom stereocenters. The number of benzene rings is 1. The molecule has 0 amide bonds. The Morgan fingerprint density at radius 2 is 2.00 bits per heavy atom. The molecule has 0 saturated heterocycles. The van der Waals surface area contributed by atoms with E-state index in [0.29, 0.717) is 0 Å². The molecular formula is C13H21ClN2SSi. The van der Waals surface area contributed by atoms with Gasteiger partial charge < -0.3 is 0 Å². The average molecular weight is 301 g/mol. The highest BCUT2D eigenvalue weighted by molar-refractivity contribution is 8.00. The molecule has 100 valence electrons. The van der Waals surface area contributed by atoms with E-state index >= 15 is 0 Å². The van der Waals surface area contributed by atoms with Crippen LogP contribution >= 0.6 is 24.2 Å². The van der Waals surface area contributed by atoms with Gasteiger partial charge in [-0.05, 0) is 16.5 Å². The second-order valence-corrected chi connectivity index (χ2v) is 12.6. The lowest BCUT2D eigenvalue weighted by atomic mass is 10.1. The maximum Gasteiger partial charge on any atom is 0.0815 e. The van der Waals surface area contributed by atoms with Crippen LogP contribution in [-0.4, -0.2) is 30.6 Å². The van der Waals surface area contributed by atoms with E-state index in [4.69, 9.17) is 0 Å². The van der Waals surface area contributed by atoms with Crippen molar-refractivity contribution in [1.82, 2.24) is 5.01 Å². The number of fused-ring (bicyclic) bond motifs is 1. The van der Waals surface area contributed by atoms with Crippen molar-refractivity contribution >= 4 is 38.5 Å². The van der Waals surface area contributed by atoms with Gasteiger partial charge in [-0.3, -0.25) is 5.01 Å². The summed E-state index contributed by atoms with van der Waals surface area (Å²) < 4.78 is 0. The highest BCUT2D eigenvalue weighted by Crippen LogP contribution is 2.19. The summed E-state index contributed by atoms with van der Waals surface area (Å²) in [6.45, 7) is 8.18. The summed E-state index contributed by atoms with van der Waals surface area (Å²) in [5.74, 6) is 1.01. The second kappa shape index (κ2) is 6.64. The molecule has 5 heteroatoms. The summed E-state index contributed by atoms with van der Waals surface area (Å²) in [5.41, 5.74) is 2.65. The van der Waals surface area contributed by atoms with Gasteiger partial charge in [-0.15, -0.1) is 24.2 Å². The van der Waals surface area contributed by atoms with Crippen molar-refractivity contribution in [3.63, 3.8) is 0 Å². The minimum Gasteiger partial charge on any atom is -0.283 e. The van der Waals surface area contributed by atoms with Gasteiger partial charge in [-0.25, -0.2) is 0 Å². The minimum absolute atomic E-state index is 0. The molecule has 1 aromatic carbocycles. The van der Waals surface area contributed by atoms with Crippen LogP contribution in [0.1, 0.15) is 11.1 Å². The Balaban J connectivity index is 0.00000162. The van der Waals surface area contributed by atoms with E-state index in [9.17, 15) is 0 Å². The van der Waals surface area contributed by atoms with Gasteiger partial charge in [0.1, 0.15) is 0 Å². The van der Waals surface area contributed by atoms with Crippen LogP contribution in [0.3, 0.4) is 0 Å². The maximum absolute atomic E-state index is 4.49. The monoisotopic (exact) mass is 300 g/mol. The molecule has 0 bridgehead atoms. The van der Waals surface area contributed by atoms with E-state index in [1.165, 1.54) is 16.5 Å². The maximum atomic E-state index is 4.49. The predicted molar refractivity (Wildman–Crippen MR) is 87.5 cm³/mol. The van der Waals surface area contributed by atoms with Crippen LogP contribution in [0, 0.1) is 0 Å². The minimum atomic E-state index is -0.929. The first-order chi connectivity index (χ1) is 8.04. The molecule has 2 nitrogen and oxygen atoms in total. The zero-order valence-corrected chi connectivity index (χ0v) is 13.9. The standard InChI is InChI=1S/C13H20N2SSi.ClH/c1-17(2,3)11-16-10-15-9-13-7-5-4-6-12(13)8-14-15;/h4-8H,9-11H2,1-3H3;1H. The third kappa shape index (κ3) is 4.67. The van der Waals surface area contributed by atoms with Crippen molar-refractivity contribution < 1.29 is 0 Å². The number of hydrogen-bond acceptors (Lipinski definition) is 3. The summed E-state index contributed by atoms with van der Waals surface area (Å²) in [5, 5.41) is 7.96. The first-order valence-corrected chi connectivity index (χ1v) is 10.9. The predicted octanol–water partition coefficient (Wildman–Crippen LogP) is 3.83. The Morgan fingerprint density at radius 1 is 1.28 bits per heavy atom. The van der Waals surface area contributed by atoms with Crippen LogP contribution in [0.25, 0.3) is 0 Å². The van der Waals surface area contributed by atoms with E-state index in [1.54, 1.807) is 0 Å². The zero-order chi connectivity index (χ0) is 12.3. The summed E-state index contributed by atoms with van der Waals surface area (Å²) in [4.78, 5) is 0. The zero-order valence-electron chi connectivity index (χ0n) is 11.2. The Morgan fingerprint density at radius 3 is 2.72 bits per heavy atom. The van der Waals surface area contributed by atoms with Gasteiger partial charge in [0.2, 0.25) is 0 Å². The fraction of sp³-hybridized carbons (Fsp3) is 0.462. The Bertz CT molecular complexity index is 418. The van der Waals surface area contributed by atoms with Gasteiger partial charge >= 0.3 is 0 Å². The molecule has 1 heterocycles. The third-order valence-corrected chi connectivity index (χ3v) is 7.30. The molecule has 0 aromatic heterocycles. The van der Waals surface area contributed by atoms with E-state index in [-0.39, 0.29) is 12.4 Å². The van der Waals surface area contributed by atoms with Gasteiger partial charge in [0.15, 0.2) is 0 Å². The molecule has 1 aromatic rings.